The van der Waals surface area contributed by atoms with Gasteiger partial charge in [-0.15, -0.1) is 12.4 Å². The summed E-state index contributed by atoms with van der Waals surface area (Å²) in [5, 5.41) is 6.33. The van der Waals surface area contributed by atoms with Gasteiger partial charge < -0.3 is 15.5 Å². The molecule has 0 bridgehead atoms. The molecule has 2 N–H and O–H groups in total. The second-order valence-electron chi connectivity index (χ2n) is 4.55. The summed E-state index contributed by atoms with van der Waals surface area (Å²) >= 11 is 0. The topological polar surface area (TPSA) is 44.4 Å². The lowest BCUT2D eigenvalue weighted by atomic mass is 10.1. The minimum Gasteiger partial charge on any atom is -0.356 e. The maximum atomic E-state index is 11.5. The van der Waals surface area contributed by atoms with E-state index in [0.717, 1.165) is 52.1 Å². The summed E-state index contributed by atoms with van der Waals surface area (Å²) in [6.45, 7) is 10.4. The van der Waals surface area contributed by atoms with Crippen LogP contribution in [0.15, 0.2) is 0 Å². The van der Waals surface area contributed by atoms with Crippen LogP contribution in [-0.4, -0.2) is 50.1 Å². The number of nitrogens with zero attached hydrogens (tertiary/aromatic N) is 1. The van der Waals surface area contributed by atoms with Crippen LogP contribution < -0.4 is 10.6 Å². The molecule has 102 valence electrons. The molecule has 1 atom stereocenters. The summed E-state index contributed by atoms with van der Waals surface area (Å²) in [4.78, 5) is 13.9. The summed E-state index contributed by atoms with van der Waals surface area (Å²) < 4.78 is 0. The molecule has 1 heterocycles. The molecule has 0 aromatic heterocycles. The van der Waals surface area contributed by atoms with Crippen molar-refractivity contribution < 1.29 is 4.79 Å². The molecule has 1 saturated heterocycles. The Morgan fingerprint density at radius 2 is 2.06 bits per heavy atom. The van der Waals surface area contributed by atoms with Gasteiger partial charge in [-0.2, -0.15) is 0 Å². The molecule has 1 aliphatic rings. The summed E-state index contributed by atoms with van der Waals surface area (Å²) in [5.41, 5.74) is 0. The van der Waals surface area contributed by atoms with E-state index in [1.165, 1.54) is 0 Å². The number of hydrogen-bond acceptors (Lipinski definition) is 3. The van der Waals surface area contributed by atoms with Crippen molar-refractivity contribution in [1.29, 1.82) is 0 Å². The number of halogens is 1. The number of piperazine rings is 1. The van der Waals surface area contributed by atoms with E-state index in [2.05, 4.69) is 15.5 Å². The van der Waals surface area contributed by atoms with Crippen molar-refractivity contribution >= 4 is 18.3 Å². The Labute approximate surface area is 111 Å². The molecular weight excluding hydrogens is 238 g/mol. The van der Waals surface area contributed by atoms with Crippen LogP contribution in [-0.2, 0) is 4.79 Å². The quantitative estimate of drug-likeness (QED) is 0.699. The standard InChI is InChI=1S/C12H25N3O.ClH/c1-3-11(2)12(16)14-5-4-8-15-9-6-13-7-10-15;/h11,13H,3-10H2,1-2H3,(H,14,16);1H. The fourth-order valence-corrected chi connectivity index (χ4v) is 1.81. The van der Waals surface area contributed by atoms with E-state index < -0.39 is 0 Å². The van der Waals surface area contributed by atoms with Crippen molar-refractivity contribution in [2.24, 2.45) is 5.92 Å². The summed E-state index contributed by atoms with van der Waals surface area (Å²) in [7, 11) is 0. The van der Waals surface area contributed by atoms with Crippen molar-refractivity contribution in [3.05, 3.63) is 0 Å². The van der Waals surface area contributed by atoms with E-state index >= 15 is 0 Å². The van der Waals surface area contributed by atoms with Crippen LogP contribution in [0.1, 0.15) is 26.7 Å². The van der Waals surface area contributed by atoms with E-state index in [1.54, 1.807) is 0 Å². The fraction of sp³-hybridized carbons (Fsp3) is 0.917. The molecule has 0 saturated carbocycles. The van der Waals surface area contributed by atoms with Crippen molar-refractivity contribution in [3.63, 3.8) is 0 Å². The molecule has 1 amide bonds. The van der Waals surface area contributed by atoms with Crippen molar-refractivity contribution in [3.8, 4) is 0 Å². The molecule has 17 heavy (non-hydrogen) atoms. The Hall–Kier alpha value is -0.320. The van der Waals surface area contributed by atoms with E-state index in [0.29, 0.717) is 0 Å². The Morgan fingerprint density at radius 3 is 2.65 bits per heavy atom. The highest BCUT2D eigenvalue weighted by atomic mass is 35.5. The van der Waals surface area contributed by atoms with Crippen molar-refractivity contribution in [1.82, 2.24) is 15.5 Å². The molecule has 0 aromatic carbocycles. The van der Waals surface area contributed by atoms with Gasteiger partial charge in [-0.3, -0.25) is 4.79 Å². The molecule has 5 heteroatoms. The SMILES string of the molecule is CCC(C)C(=O)NCCCN1CCNCC1.Cl. The van der Waals surface area contributed by atoms with Gasteiger partial charge in [-0.25, -0.2) is 0 Å². The Bertz CT molecular complexity index is 208. The van der Waals surface area contributed by atoms with Gasteiger partial charge in [0.1, 0.15) is 0 Å². The lowest BCUT2D eigenvalue weighted by Crippen LogP contribution is -2.44. The molecule has 1 rings (SSSR count). The number of carbonyl (C=O) groups is 1. The van der Waals surface area contributed by atoms with Crippen LogP contribution in [0.5, 0.6) is 0 Å². The molecule has 0 aliphatic carbocycles. The van der Waals surface area contributed by atoms with E-state index in [-0.39, 0.29) is 24.2 Å². The fourth-order valence-electron chi connectivity index (χ4n) is 1.81. The first-order chi connectivity index (χ1) is 7.74. The maximum Gasteiger partial charge on any atom is 0.222 e. The van der Waals surface area contributed by atoms with Crippen molar-refractivity contribution in [2.45, 2.75) is 26.7 Å². The third-order valence-corrected chi connectivity index (χ3v) is 3.22. The average Bonchev–Trinajstić information content (AvgIpc) is 2.34. The highest BCUT2D eigenvalue weighted by Gasteiger charge is 2.10. The van der Waals surface area contributed by atoms with Gasteiger partial charge in [0, 0.05) is 38.6 Å². The van der Waals surface area contributed by atoms with Gasteiger partial charge >= 0.3 is 0 Å². The molecule has 1 fully saturated rings. The Morgan fingerprint density at radius 1 is 1.41 bits per heavy atom. The second-order valence-corrected chi connectivity index (χ2v) is 4.55. The van der Waals surface area contributed by atoms with Crippen LogP contribution >= 0.6 is 12.4 Å². The van der Waals surface area contributed by atoms with Gasteiger partial charge in [-0.1, -0.05) is 13.8 Å². The number of nitrogens with one attached hydrogen (secondary N) is 2. The smallest absolute Gasteiger partial charge is 0.222 e. The zero-order valence-corrected chi connectivity index (χ0v) is 11.8. The van der Waals surface area contributed by atoms with E-state index in [1.807, 2.05) is 13.8 Å². The van der Waals surface area contributed by atoms with Crippen LogP contribution in [0.25, 0.3) is 0 Å². The maximum absolute atomic E-state index is 11.5. The van der Waals surface area contributed by atoms with Gasteiger partial charge in [0.2, 0.25) is 5.91 Å². The predicted molar refractivity (Wildman–Crippen MR) is 73.6 cm³/mol. The van der Waals surface area contributed by atoms with Crippen molar-refractivity contribution in [2.75, 3.05) is 39.3 Å². The molecule has 1 unspecified atom stereocenters. The highest BCUT2D eigenvalue weighted by molar-refractivity contribution is 5.85. The number of hydrogen-bond donors (Lipinski definition) is 2. The molecular formula is C12H26ClN3O. The normalized spacial score (nSPS) is 18.2. The highest BCUT2D eigenvalue weighted by Crippen LogP contribution is 1.99. The number of rotatable bonds is 6. The molecule has 0 radical (unpaired) electrons. The molecule has 0 aromatic rings. The first kappa shape index (κ1) is 16.7. The van der Waals surface area contributed by atoms with Gasteiger partial charge in [0.05, 0.1) is 0 Å². The van der Waals surface area contributed by atoms with Crippen LogP contribution in [0.3, 0.4) is 0 Å². The average molecular weight is 264 g/mol. The molecule has 1 aliphatic heterocycles. The van der Waals surface area contributed by atoms with Crippen LogP contribution in [0, 0.1) is 5.92 Å². The number of amides is 1. The largest absolute Gasteiger partial charge is 0.356 e. The monoisotopic (exact) mass is 263 g/mol. The molecule has 4 nitrogen and oxygen atoms in total. The minimum absolute atomic E-state index is 0. The Kier molecular flexibility index (Phi) is 9.50. The first-order valence-electron chi connectivity index (χ1n) is 6.44. The minimum atomic E-state index is 0. The molecule has 0 spiro atoms. The second kappa shape index (κ2) is 9.68. The summed E-state index contributed by atoms with van der Waals surface area (Å²) in [5.74, 6) is 0.349. The zero-order chi connectivity index (χ0) is 11.8. The Balaban J connectivity index is 0.00000256. The van der Waals surface area contributed by atoms with E-state index in [4.69, 9.17) is 0 Å². The van der Waals surface area contributed by atoms with Gasteiger partial charge in [-0.05, 0) is 19.4 Å². The van der Waals surface area contributed by atoms with Crippen LogP contribution in [0.4, 0.5) is 0 Å². The zero-order valence-electron chi connectivity index (χ0n) is 11.0. The van der Waals surface area contributed by atoms with Gasteiger partial charge in [0.25, 0.3) is 0 Å². The summed E-state index contributed by atoms with van der Waals surface area (Å²) in [6.07, 6.45) is 1.98. The van der Waals surface area contributed by atoms with E-state index in [9.17, 15) is 4.79 Å². The lowest BCUT2D eigenvalue weighted by Gasteiger charge is -2.27. The predicted octanol–water partition coefficient (Wildman–Crippen LogP) is 0.866. The third-order valence-electron chi connectivity index (χ3n) is 3.22. The summed E-state index contributed by atoms with van der Waals surface area (Å²) in [6, 6.07) is 0. The van der Waals surface area contributed by atoms with Gasteiger partial charge in [0.15, 0.2) is 0 Å². The third kappa shape index (κ3) is 6.86. The number of carbonyl (C=O) groups excluding carboxylic acids is 1. The first-order valence-corrected chi connectivity index (χ1v) is 6.44. The van der Waals surface area contributed by atoms with Crippen LogP contribution in [0.2, 0.25) is 0 Å². The lowest BCUT2D eigenvalue weighted by molar-refractivity contribution is -0.124.